The average molecular weight is 378 g/mol. The van der Waals surface area contributed by atoms with Gasteiger partial charge in [0.1, 0.15) is 5.15 Å². The van der Waals surface area contributed by atoms with Gasteiger partial charge in [-0.1, -0.05) is 77.8 Å². The first-order valence-electron chi connectivity index (χ1n) is 8.01. The molecule has 2 aromatic carbocycles. The Morgan fingerprint density at radius 3 is 2.00 bits per heavy atom. The van der Waals surface area contributed by atoms with Crippen molar-refractivity contribution in [1.82, 2.24) is 15.0 Å². The average Bonchev–Trinajstić information content (AvgIpc) is 2.69. The normalized spacial score (nSPS) is 10.7. The van der Waals surface area contributed by atoms with Crippen molar-refractivity contribution < 1.29 is 0 Å². The fraction of sp³-hybridized carbons (Fsp3) is 0. The Morgan fingerprint density at radius 1 is 0.615 bits per heavy atom. The largest absolute Gasteiger partial charge is 0.253 e. The summed E-state index contributed by atoms with van der Waals surface area (Å²) in [4.78, 5) is 13.3. The summed E-state index contributed by atoms with van der Waals surface area (Å²) in [5.41, 5.74) is 4.54. The van der Waals surface area contributed by atoms with Crippen LogP contribution in [0.5, 0.6) is 0 Å². The van der Waals surface area contributed by atoms with Crippen molar-refractivity contribution >= 4 is 23.2 Å². The lowest BCUT2D eigenvalue weighted by Gasteiger charge is -2.07. The number of halogens is 2. The molecule has 4 rings (SSSR count). The number of aromatic nitrogens is 3. The first-order chi connectivity index (χ1) is 12.7. The van der Waals surface area contributed by atoms with Crippen molar-refractivity contribution in [2.45, 2.75) is 0 Å². The van der Waals surface area contributed by atoms with E-state index in [1.165, 1.54) is 0 Å². The Kier molecular flexibility index (Phi) is 4.65. The van der Waals surface area contributed by atoms with Crippen LogP contribution in [0.2, 0.25) is 10.2 Å². The molecule has 0 saturated heterocycles. The van der Waals surface area contributed by atoms with E-state index in [0.29, 0.717) is 27.4 Å². The smallest absolute Gasteiger partial charge is 0.161 e. The number of hydrogen-bond acceptors (Lipinski definition) is 3. The number of rotatable bonds is 3. The fourth-order valence-corrected chi connectivity index (χ4v) is 2.94. The van der Waals surface area contributed by atoms with Crippen LogP contribution >= 0.6 is 23.2 Å². The molecular weight excluding hydrogens is 365 g/mol. The van der Waals surface area contributed by atoms with Crippen LogP contribution in [-0.2, 0) is 0 Å². The van der Waals surface area contributed by atoms with Crippen molar-refractivity contribution in [2.24, 2.45) is 0 Å². The van der Waals surface area contributed by atoms with Crippen LogP contribution in [0.3, 0.4) is 0 Å². The number of benzene rings is 2. The predicted octanol–water partition coefficient (Wildman–Crippen LogP) is 6.18. The van der Waals surface area contributed by atoms with Crippen LogP contribution in [-0.4, -0.2) is 15.0 Å². The second-order valence-corrected chi connectivity index (χ2v) is 6.53. The van der Waals surface area contributed by atoms with E-state index in [1.54, 1.807) is 18.3 Å². The summed E-state index contributed by atoms with van der Waals surface area (Å²) in [6, 6.07) is 23.6. The summed E-state index contributed by atoms with van der Waals surface area (Å²) in [6.07, 6.45) is 1.58. The van der Waals surface area contributed by atoms with Crippen LogP contribution in [0.4, 0.5) is 0 Å². The standard InChI is InChI=1S/C21H13Cl2N3/c22-17-10-11-18(24-13-17)19-12-20(23)26-21(25-19)16-8-6-15(7-9-16)14-4-2-1-3-5-14/h1-13H. The predicted molar refractivity (Wildman–Crippen MR) is 106 cm³/mol. The summed E-state index contributed by atoms with van der Waals surface area (Å²) >= 11 is 12.1. The van der Waals surface area contributed by atoms with Crippen molar-refractivity contribution in [3.8, 4) is 33.9 Å². The Bertz CT molecular complexity index is 1030. The Balaban J connectivity index is 1.70. The van der Waals surface area contributed by atoms with E-state index >= 15 is 0 Å². The molecule has 5 heteroatoms. The number of pyridine rings is 1. The highest BCUT2D eigenvalue weighted by atomic mass is 35.5. The molecule has 0 aliphatic heterocycles. The van der Waals surface area contributed by atoms with E-state index in [1.807, 2.05) is 36.4 Å². The molecule has 3 nitrogen and oxygen atoms in total. The van der Waals surface area contributed by atoms with Crippen LogP contribution < -0.4 is 0 Å². The van der Waals surface area contributed by atoms with Crippen molar-refractivity contribution in [3.05, 3.63) is 89.2 Å². The van der Waals surface area contributed by atoms with E-state index in [9.17, 15) is 0 Å². The molecule has 0 radical (unpaired) electrons. The SMILES string of the molecule is Clc1ccc(-c2cc(Cl)nc(-c3ccc(-c4ccccc4)cc3)n2)nc1. The molecule has 0 unspecified atom stereocenters. The van der Waals surface area contributed by atoms with Gasteiger partial charge in [-0.3, -0.25) is 4.98 Å². The third-order valence-corrected chi connectivity index (χ3v) is 4.35. The van der Waals surface area contributed by atoms with Crippen molar-refractivity contribution in [2.75, 3.05) is 0 Å². The van der Waals surface area contributed by atoms with Gasteiger partial charge in [0.15, 0.2) is 5.82 Å². The summed E-state index contributed by atoms with van der Waals surface area (Å²) in [7, 11) is 0. The molecule has 0 amide bonds. The van der Waals surface area contributed by atoms with Crippen LogP contribution in [0.15, 0.2) is 79.0 Å². The molecule has 0 aliphatic carbocycles. The Labute approximate surface area is 161 Å². The van der Waals surface area contributed by atoms with E-state index in [-0.39, 0.29) is 0 Å². The van der Waals surface area contributed by atoms with Gasteiger partial charge in [-0.05, 0) is 23.3 Å². The van der Waals surface area contributed by atoms with Gasteiger partial charge in [0.2, 0.25) is 0 Å². The van der Waals surface area contributed by atoms with Gasteiger partial charge in [-0.15, -0.1) is 0 Å². The van der Waals surface area contributed by atoms with Gasteiger partial charge in [0, 0.05) is 17.8 Å². The second-order valence-electron chi connectivity index (χ2n) is 5.70. The molecule has 0 fully saturated rings. The lowest BCUT2D eigenvalue weighted by molar-refractivity contribution is 1.16. The first-order valence-corrected chi connectivity index (χ1v) is 8.77. The minimum atomic E-state index is 0.369. The quantitative estimate of drug-likeness (QED) is 0.400. The molecule has 0 atom stereocenters. The van der Waals surface area contributed by atoms with Crippen molar-refractivity contribution in [3.63, 3.8) is 0 Å². The highest BCUT2D eigenvalue weighted by molar-refractivity contribution is 6.30. The van der Waals surface area contributed by atoms with E-state index in [2.05, 4.69) is 39.2 Å². The maximum absolute atomic E-state index is 6.20. The number of nitrogens with zero attached hydrogens (tertiary/aromatic N) is 3. The molecule has 0 aliphatic rings. The topological polar surface area (TPSA) is 38.7 Å². The zero-order valence-corrected chi connectivity index (χ0v) is 15.1. The fourth-order valence-electron chi connectivity index (χ4n) is 2.65. The highest BCUT2D eigenvalue weighted by Crippen LogP contribution is 2.26. The van der Waals surface area contributed by atoms with Gasteiger partial charge in [0.05, 0.1) is 16.4 Å². The third-order valence-electron chi connectivity index (χ3n) is 3.93. The molecule has 2 aromatic heterocycles. The van der Waals surface area contributed by atoms with E-state index in [0.717, 1.165) is 16.7 Å². The minimum Gasteiger partial charge on any atom is -0.253 e. The molecule has 0 N–H and O–H groups in total. The van der Waals surface area contributed by atoms with E-state index in [4.69, 9.17) is 23.2 Å². The zero-order chi connectivity index (χ0) is 17.9. The number of hydrogen-bond donors (Lipinski definition) is 0. The van der Waals surface area contributed by atoms with Gasteiger partial charge in [-0.2, -0.15) is 0 Å². The van der Waals surface area contributed by atoms with Gasteiger partial charge in [-0.25, -0.2) is 9.97 Å². The zero-order valence-electron chi connectivity index (χ0n) is 13.6. The Morgan fingerprint density at radius 2 is 1.31 bits per heavy atom. The summed E-state index contributed by atoms with van der Waals surface area (Å²) < 4.78 is 0. The van der Waals surface area contributed by atoms with Gasteiger partial charge < -0.3 is 0 Å². The summed E-state index contributed by atoms with van der Waals surface area (Å²) in [6.45, 7) is 0. The molecule has 0 saturated carbocycles. The highest BCUT2D eigenvalue weighted by Gasteiger charge is 2.09. The van der Waals surface area contributed by atoms with E-state index < -0.39 is 0 Å². The van der Waals surface area contributed by atoms with Crippen LogP contribution in [0, 0.1) is 0 Å². The molecular formula is C21H13Cl2N3. The first kappa shape index (κ1) is 16.7. The molecule has 0 bridgehead atoms. The monoisotopic (exact) mass is 377 g/mol. The molecule has 126 valence electrons. The third kappa shape index (κ3) is 3.59. The van der Waals surface area contributed by atoms with Crippen molar-refractivity contribution in [1.29, 1.82) is 0 Å². The molecule has 2 heterocycles. The second kappa shape index (κ2) is 7.24. The molecule has 26 heavy (non-hydrogen) atoms. The lowest BCUT2D eigenvalue weighted by atomic mass is 10.0. The minimum absolute atomic E-state index is 0.369. The lowest BCUT2D eigenvalue weighted by Crippen LogP contribution is -1.94. The summed E-state index contributed by atoms with van der Waals surface area (Å²) in [5, 5.41) is 0.944. The molecule has 4 aromatic rings. The maximum atomic E-state index is 6.20. The van der Waals surface area contributed by atoms with Crippen LogP contribution in [0.25, 0.3) is 33.9 Å². The van der Waals surface area contributed by atoms with Gasteiger partial charge in [0.25, 0.3) is 0 Å². The maximum Gasteiger partial charge on any atom is 0.161 e. The molecule has 0 spiro atoms. The summed E-state index contributed by atoms with van der Waals surface area (Å²) in [5.74, 6) is 0.559. The van der Waals surface area contributed by atoms with Gasteiger partial charge >= 0.3 is 0 Å². The van der Waals surface area contributed by atoms with Crippen LogP contribution in [0.1, 0.15) is 0 Å². The Hall–Kier alpha value is -2.75.